The third-order valence-corrected chi connectivity index (χ3v) is 7.35. The van der Waals surface area contributed by atoms with Gasteiger partial charge in [0.2, 0.25) is 0 Å². The van der Waals surface area contributed by atoms with Crippen molar-refractivity contribution < 1.29 is 13.6 Å². The van der Waals surface area contributed by atoms with Gasteiger partial charge in [-0.15, -0.1) is 0 Å². The van der Waals surface area contributed by atoms with Gasteiger partial charge in [0, 0.05) is 32.3 Å². The van der Waals surface area contributed by atoms with Crippen LogP contribution in [0.1, 0.15) is 24.8 Å². The number of hydrogen-bond donors (Lipinski definition) is 0. The number of halogens is 1. The van der Waals surface area contributed by atoms with Gasteiger partial charge in [-0.25, -0.2) is 9.37 Å². The summed E-state index contributed by atoms with van der Waals surface area (Å²) in [7, 11) is 0.333. The number of aromatic nitrogens is 1. The van der Waals surface area contributed by atoms with Crippen LogP contribution >= 0.6 is 8.58 Å². The Bertz CT molecular complexity index is 1160. The fraction of sp³-hybridized carbons (Fsp3) is 0.304. The van der Waals surface area contributed by atoms with Gasteiger partial charge in [0.1, 0.15) is 5.52 Å². The highest BCUT2D eigenvalue weighted by molar-refractivity contribution is 7.51. The molecule has 0 spiro atoms. The van der Waals surface area contributed by atoms with Gasteiger partial charge in [-0.05, 0) is 47.1 Å². The lowest BCUT2D eigenvalue weighted by Crippen LogP contribution is -2.36. The lowest BCUT2D eigenvalue weighted by atomic mass is 9.98. The fourth-order valence-corrected chi connectivity index (χ4v) is 5.52. The molecule has 5 nitrogen and oxygen atoms in total. The highest BCUT2D eigenvalue weighted by atomic mass is 31.1. The number of rotatable bonds is 3. The summed E-state index contributed by atoms with van der Waals surface area (Å²) < 4.78 is 20.0. The summed E-state index contributed by atoms with van der Waals surface area (Å²) >= 11 is 0. The van der Waals surface area contributed by atoms with Gasteiger partial charge in [0.25, 0.3) is 5.91 Å². The average molecular weight is 423 g/mol. The zero-order valence-electron chi connectivity index (χ0n) is 17.0. The van der Waals surface area contributed by atoms with Crippen LogP contribution in [0.5, 0.6) is 0 Å². The first-order chi connectivity index (χ1) is 14.5. The predicted molar refractivity (Wildman–Crippen MR) is 118 cm³/mol. The zero-order valence-corrected chi connectivity index (χ0v) is 18.0. The molecule has 0 radical (unpaired) electrons. The molecule has 0 saturated heterocycles. The number of benzene rings is 1. The number of carbonyl (C=O) groups excluding carboxylic acids is 1. The van der Waals surface area contributed by atoms with Gasteiger partial charge in [0.15, 0.2) is 17.3 Å². The third-order valence-electron chi connectivity index (χ3n) is 5.84. The molecular formula is C23H23FN3O2P. The number of amides is 1. The average Bonchev–Trinajstić information content (AvgIpc) is 3.14. The maximum Gasteiger partial charge on any atom is 0.252 e. The number of fused-ring (bicyclic) bond motifs is 2. The third kappa shape index (κ3) is 3.44. The first kappa shape index (κ1) is 19.4. The molecule has 2 aromatic rings. The molecule has 3 aliphatic rings. The number of carbonyl (C=O) groups is 1. The molecule has 0 N–H and O–H groups in total. The van der Waals surface area contributed by atoms with Crippen molar-refractivity contribution in [1.82, 2.24) is 14.8 Å². The quantitative estimate of drug-likeness (QED) is 0.679. The Hall–Kier alpha value is -2.56. The van der Waals surface area contributed by atoms with Crippen molar-refractivity contribution in [2.45, 2.75) is 26.1 Å². The van der Waals surface area contributed by atoms with Crippen LogP contribution < -0.4 is 0 Å². The summed E-state index contributed by atoms with van der Waals surface area (Å²) in [5.74, 6) is -0.105. The Labute approximate surface area is 176 Å². The van der Waals surface area contributed by atoms with Crippen molar-refractivity contribution in [2.24, 2.45) is 0 Å². The molecule has 2 atom stereocenters. The second-order valence-corrected chi connectivity index (χ2v) is 9.17. The molecular weight excluding hydrogens is 400 g/mol. The molecule has 0 bridgehead atoms. The minimum absolute atomic E-state index is 0.0344. The second kappa shape index (κ2) is 7.60. The van der Waals surface area contributed by atoms with Crippen molar-refractivity contribution in [1.29, 1.82) is 0 Å². The monoisotopic (exact) mass is 423 g/mol. The smallest absolute Gasteiger partial charge is 0.252 e. The maximum atomic E-state index is 14.5. The molecule has 5 rings (SSSR count). The van der Waals surface area contributed by atoms with Gasteiger partial charge >= 0.3 is 0 Å². The van der Waals surface area contributed by atoms with E-state index in [1.807, 2.05) is 6.20 Å². The molecule has 2 unspecified atom stereocenters. The second-order valence-electron chi connectivity index (χ2n) is 7.75. The molecule has 154 valence electrons. The molecule has 1 aromatic heterocycles. The minimum Gasteiger partial charge on any atom is -0.441 e. The van der Waals surface area contributed by atoms with Crippen molar-refractivity contribution in [3.8, 4) is 0 Å². The van der Waals surface area contributed by atoms with Crippen molar-refractivity contribution in [2.75, 3.05) is 19.6 Å². The summed E-state index contributed by atoms with van der Waals surface area (Å²) in [5, 5.41) is 0.841. The number of aryl methyl sites for hydroxylation is 1. The fourth-order valence-electron chi connectivity index (χ4n) is 4.15. The number of likely N-dealkylation sites (N-methyl/N-ethyl adjacent to an activating group) is 1. The molecule has 0 fully saturated rings. The normalized spacial score (nSPS) is 22.9. The van der Waals surface area contributed by atoms with E-state index in [2.05, 4.69) is 35.0 Å². The van der Waals surface area contributed by atoms with Crippen LogP contribution in [0.15, 0.2) is 58.2 Å². The molecule has 30 heavy (non-hydrogen) atoms. The highest BCUT2D eigenvalue weighted by Crippen LogP contribution is 2.45. The van der Waals surface area contributed by atoms with E-state index in [9.17, 15) is 9.18 Å². The van der Waals surface area contributed by atoms with Gasteiger partial charge in [-0.3, -0.25) is 9.69 Å². The van der Waals surface area contributed by atoms with E-state index in [0.29, 0.717) is 25.6 Å². The van der Waals surface area contributed by atoms with E-state index in [1.165, 1.54) is 11.6 Å². The van der Waals surface area contributed by atoms with Crippen LogP contribution in [0.2, 0.25) is 0 Å². The van der Waals surface area contributed by atoms with Crippen LogP contribution in [-0.4, -0.2) is 46.1 Å². The van der Waals surface area contributed by atoms with Crippen molar-refractivity contribution in [3.05, 3.63) is 71.1 Å². The van der Waals surface area contributed by atoms with E-state index in [0.717, 1.165) is 36.9 Å². The van der Waals surface area contributed by atoms with E-state index < -0.39 is 5.82 Å². The van der Waals surface area contributed by atoms with Crippen LogP contribution in [0.3, 0.4) is 0 Å². The molecule has 4 heterocycles. The first-order valence-electron chi connectivity index (χ1n) is 10.2. The lowest BCUT2D eigenvalue weighted by molar-refractivity contribution is -0.123. The van der Waals surface area contributed by atoms with Crippen LogP contribution in [0.4, 0.5) is 4.39 Å². The largest absolute Gasteiger partial charge is 0.441 e. The standard InChI is InChI=1S/C23H23FN3O2P/c1-3-26-8-6-15(7-9-26)16-4-5-22-27(13-16)21(28)12-20(30-22)17-10-18(24)23-19(11-17)29-14(2)25-23/h4-6,10-13,22,30H,3,7-9H2,1-2H3. The Morgan fingerprint density at radius 3 is 3.00 bits per heavy atom. The summed E-state index contributed by atoms with van der Waals surface area (Å²) in [4.78, 5) is 21.2. The Kier molecular flexibility index (Phi) is 4.92. The van der Waals surface area contributed by atoms with E-state index in [-0.39, 0.29) is 17.2 Å². The number of hydrogen-bond acceptors (Lipinski definition) is 4. The number of oxazole rings is 1. The van der Waals surface area contributed by atoms with Crippen LogP contribution in [0, 0.1) is 12.7 Å². The van der Waals surface area contributed by atoms with Crippen LogP contribution in [-0.2, 0) is 4.79 Å². The van der Waals surface area contributed by atoms with E-state index in [1.54, 1.807) is 24.0 Å². The van der Waals surface area contributed by atoms with E-state index in [4.69, 9.17) is 4.42 Å². The molecule has 0 saturated carbocycles. The highest BCUT2D eigenvalue weighted by Gasteiger charge is 2.29. The van der Waals surface area contributed by atoms with Gasteiger partial charge in [0.05, 0.1) is 5.78 Å². The van der Waals surface area contributed by atoms with Crippen molar-refractivity contribution >= 4 is 30.9 Å². The molecule has 3 aliphatic heterocycles. The Balaban J connectivity index is 1.42. The Morgan fingerprint density at radius 2 is 2.23 bits per heavy atom. The minimum atomic E-state index is -0.424. The van der Waals surface area contributed by atoms with Gasteiger partial charge in [-0.2, -0.15) is 0 Å². The molecule has 0 aliphatic carbocycles. The van der Waals surface area contributed by atoms with Crippen molar-refractivity contribution in [3.63, 3.8) is 0 Å². The zero-order chi connectivity index (χ0) is 20.8. The molecule has 1 amide bonds. The van der Waals surface area contributed by atoms with Crippen LogP contribution in [0.25, 0.3) is 16.4 Å². The lowest BCUT2D eigenvalue weighted by Gasteiger charge is -2.35. The molecule has 7 heteroatoms. The summed E-state index contributed by atoms with van der Waals surface area (Å²) in [6, 6.07) is 3.23. The summed E-state index contributed by atoms with van der Waals surface area (Å²) in [6.45, 7) is 6.93. The van der Waals surface area contributed by atoms with Gasteiger partial charge in [-0.1, -0.05) is 33.7 Å². The maximum absolute atomic E-state index is 14.5. The topological polar surface area (TPSA) is 49.6 Å². The number of nitrogens with zero attached hydrogens (tertiary/aromatic N) is 3. The summed E-state index contributed by atoms with van der Waals surface area (Å²) in [5.41, 5.74) is 3.74. The van der Waals surface area contributed by atoms with Gasteiger partial charge < -0.3 is 9.32 Å². The summed E-state index contributed by atoms with van der Waals surface area (Å²) in [6.07, 6.45) is 11.1. The SMILES string of the molecule is CCN1CC=C(C2=CN3C(=O)C=C(c4cc(F)c5nc(C)oc5c4)PC3C=C2)CC1. The number of allylic oxidation sites excluding steroid dienone is 2. The predicted octanol–water partition coefficient (Wildman–Crippen LogP) is 4.57. The first-order valence-corrected chi connectivity index (χ1v) is 11.3. The molecule has 1 aromatic carbocycles. The van der Waals surface area contributed by atoms with E-state index >= 15 is 0 Å². The Morgan fingerprint density at radius 1 is 1.37 bits per heavy atom.